The van der Waals surface area contributed by atoms with Crippen LogP contribution in [-0.4, -0.2) is 25.2 Å². The third-order valence-corrected chi connectivity index (χ3v) is 3.72. The number of alkyl halides is 1. The van der Waals surface area contributed by atoms with Crippen molar-refractivity contribution in [2.45, 2.75) is 45.1 Å². The second kappa shape index (κ2) is 8.97. The molecule has 1 fully saturated rings. The largest absolute Gasteiger partial charge is 0.492 e. The minimum atomic E-state index is 0.439. The van der Waals surface area contributed by atoms with E-state index in [0.717, 1.165) is 30.8 Å². The number of hydrogen-bond acceptors (Lipinski definition) is 2. The van der Waals surface area contributed by atoms with Crippen LogP contribution < -0.4 is 4.74 Å². The molecule has 2 nitrogen and oxygen atoms in total. The van der Waals surface area contributed by atoms with Crippen LogP contribution in [0.25, 0.3) is 0 Å². The van der Waals surface area contributed by atoms with Crippen LogP contribution >= 0.6 is 11.6 Å². The molecule has 1 heterocycles. The van der Waals surface area contributed by atoms with E-state index in [-0.39, 0.29) is 0 Å². The lowest BCUT2D eigenvalue weighted by Crippen LogP contribution is -2.08. The molecule has 0 aliphatic carbocycles. The topological polar surface area (TPSA) is 18.5 Å². The summed E-state index contributed by atoms with van der Waals surface area (Å²) in [5.74, 6) is 7.66. The molecule has 1 aromatic rings. The van der Waals surface area contributed by atoms with E-state index in [1.807, 2.05) is 6.07 Å². The molecule has 1 aromatic carbocycles. The predicted octanol–water partition coefficient (Wildman–Crippen LogP) is 4.31. The smallest absolute Gasteiger partial charge is 0.134 e. The van der Waals surface area contributed by atoms with Crippen molar-refractivity contribution < 1.29 is 9.47 Å². The van der Waals surface area contributed by atoms with Gasteiger partial charge in [0.2, 0.25) is 0 Å². The molecular weight excluding hydrogens is 284 g/mol. The summed E-state index contributed by atoms with van der Waals surface area (Å²) in [5, 5.41) is 0. The number of ether oxygens (including phenoxy) is 2. The van der Waals surface area contributed by atoms with Crippen LogP contribution in [0.5, 0.6) is 5.75 Å². The quantitative estimate of drug-likeness (QED) is 0.443. The predicted molar refractivity (Wildman–Crippen MR) is 87.1 cm³/mol. The average Bonchev–Trinajstić information content (AvgIpc) is 2.99. The maximum absolute atomic E-state index is 5.89. The van der Waals surface area contributed by atoms with Crippen molar-refractivity contribution in [2.24, 2.45) is 0 Å². The van der Waals surface area contributed by atoms with E-state index in [4.69, 9.17) is 21.1 Å². The highest BCUT2D eigenvalue weighted by molar-refractivity contribution is 6.18. The number of benzene rings is 1. The molecule has 0 radical (unpaired) electrons. The summed E-state index contributed by atoms with van der Waals surface area (Å²) in [6, 6.07) is 6.13. The molecule has 114 valence electrons. The minimum Gasteiger partial charge on any atom is -0.492 e. The fourth-order valence-electron chi connectivity index (χ4n) is 2.44. The van der Waals surface area contributed by atoms with E-state index >= 15 is 0 Å². The van der Waals surface area contributed by atoms with Gasteiger partial charge in [-0.1, -0.05) is 17.9 Å². The monoisotopic (exact) mass is 306 g/mol. The van der Waals surface area contributed by atoms with E-state index in [1.54, 1.807) is 0 Å². The van der Waals surface area contributed by atoms with Crippen molar-refractivity contribution in [3.8, 4) is 17.6 Å². The van der Waals surface area contributed by atoms with Gasteiger partial charge < -0.3 is 9.47 Å². The SMILES string of the molecule is Cc1ccc(OCCCC2CCCO2)c(C#CCCCl)c1. The molecule has 2 rings (SSSR count). The van der Waals surface area contributed by atoms with Gasteiger partial charge in [-0.2, -0.15) is 0 Å². The van der Waals surface area contributed by atoms with Crippen molar-refractivity contribution in [1.82, 2.24) is 0 Å². The standard InChI is InChI=1S/C18H23ClO2/c1-15-9-10-18(16(14-15)6-2-3-11-19)21-13-5-8-17-7-4-12-20-17/h9-10,14,17H,3-5,7-8,11-13H2,1H3. The molecule has 1 aliphatic heterocycles. The van der Waals surface area contributed by atoms with Gasteiger partial charge >= 0.3 is 0 Å². The van der Waals surface area contributed by atoms with Crippen molar-refractivity contribution in [3.63, 3.8) is 0 Å². The fourth-order valence-corrected chi connectivity index (χ4v) is 2.53. The highest BCUT2D eigenvalue weighted by Crippen LogP contribution is 2.21. The Labute approximate surface area is 132 Å². The van der Waals surface area contributed by atoms with E-state index in [0.29, 0.717) is 25.0 Å². The van der Waals surface area contributed by atoms with Crippen molar-refractivity contribution in [3.05, 3.63) is 29.3 Å². The summed E-state index contributed by atoms with van der Waals surface area (Å²) in [4.78, 5) is 0. The van der Waals surface area contributed by atoms with Crippen molar-refractivity contribution >= 4 is 11.6 Å². The molecule has 1 saturated heterocycles. The zero-order valence-corrected chi connectivity index (χ0v) is 13.4. The Bertz CT molecular complexity index is 496. The highest BCUT2D eigenvalue weighted by Gasteiger charge is 2.14. The average molecular weight is 307 g/mol. The lowest BCUT2D eigenvalue weighted by molar-refractivity contribution is 0.0981. The van der Waals surface area contributed by atoms with Crippen LogP contribution in [-0.2, 0) is 4.74 Å². The Hall–Kier alpha value is -1.17. The van der Waals surface area contributed by atoms with Crippen molar-refractivity contribution in [2.75, 3.05) is 19.1 Å². The van der Waals surface area contributed by atoms with Crippen LogP contribution in [0.4, 0.5) is 0 Å². The van der Waals surface area contributed by atoms with Crippen molar-refractivity contribution in [1.29, 1.82) is 0 Å². The molecule has 3 heteroatoms. The van der Waals surface area contributed by atoms with Crippen LogP contribution in [0.3, 0.4) is 0 Å². The first-order chi connectivity index (χ1) is 10.3. The Morgan fingerprint density at radius 1 is 1.43 bits per heavy atom. The molecule has 1 unspecified atom stereocenters. The number of hydrogen-bond donors (Lipinski definition) is 0. The van der Waals surface area contributed by atoms with E-state index in [9.17, 15) is 0 Å². The maximum atomic E-state index is 5.89. The molecule has 1 atom stereocenters. The third kappa shape index (κ3) is 5.61. The molecule has 0 spiro atoms. The first-order valence-corrected chi connectivity index (χ1v) is 8.23. The molecule has 0 bridgehead atoms. The van der Waals surface area contributed by atoms with Gasteiger partial charge in [0.15, 0.2) is 0 Å². The molecule has 0 saturated carbocycles. The van der Waals surface area contributed by atoms with Gasteiger partial charge in [0.05, 0.1) is 18.3 Å². The summed E-state index contributed by atoms with van der Waals surface area (Å²) in [5.41, 5.74) is 2.15. The van der Waals surface area contributed by atoms with Crippen LogP contribution in [0.2, 0.25) is 0 Å². The van der Waals surface area contributed by atoms with E-state index in [2.05, 4.69) is 30.9 Å². The molecule has 0 aromatic heterocycles. The summed E-state index contributed by atoms with van der Waals surface area (Å²) in [7, 11) is 0. The Morgan fingerprint density at radius 2 is 2.33 bits per heavy atom. The number of halogens is 1. The van der Waals surface area contributed by atoms with Gasteiger partial charge in [-0.3, -0.25) is 0 Å². The van der Waals surface area contributed by atoms with Gasteiger partial charge in [-0.25, -0.2) is 0 Å². The Morgan fingerprint density at radius 3 is 3.10 bits per heavy atom. The zero-order valence-electron chi connectivity index (χ0n) is 12.7. The number of aryl methyl sites for hydroxylation is 1. The Balaban J connectivity index is 1.85. The first kappa shape index (κ1) is 16.2. The lowest BCUT2D eigenvalue weighted by Gasteiger charge is -2.11. The minimum absolute atomic E-state index is 0.439. The Kier molecular flexibility index (Phi) is 6.92. The second-order valence-electron chi connectivity index (χ2n) is 5.37. The molecule has 1 aliphatic rings. The molecule has 0 N–H and O–H groups in total. The van der Waals surface area contributed by atoms with Crippen LogP contribution in [0.15, 0.2) is 18.2 Å². The van der Waals surface area contributed by atoms with Gasteiger partial charge in [-0.05, 0) is 50.3 Å². The van der Waals surface area contributed by atoms with Crippen LogP contribution in [0.1, 0.15) is 43.2 Å². The van der Waals surface area contributed by atoms with Gasteiger partial charge in [0, 0.05) is 18.9 Å². The maximum Gasteiger partial charge on any atom is 0.134 e. The molecule has 21 heavy (non-hydrogen) atoms. The summed E-state index contributed by atoms with van der Waals surface area (Å²) < 4.78 is 11.5. The van der Waals surface area contributed by atoms with E-state index < -0.39 is 0 Å². The summed E-state index contributed by atoms with van der Waals surface area (Å²) >= 11 is 5.66. The van der Waals surface area contributed by atoms with E-state index in [1.165, 1.54) is 18.4 Å². The highest BCUT2D eigenvalue weighted by atomic mass is 35.5. The summed E-state index contributed by atoms with van der Waals surface area (Å²) in [6.45, 7) is 3.70. The van der Waals surface area contributed by atoms with Gasteiger partial charge in [0.25, 0.3) is 0 Å². The summed E-state index contributed by atoms with van der Waals surface area (Å²) in [6.07, 6.45) is 5.64. The normalized spacial score (nSPS) is 17.3. The first-order valence-electron chi connectivity index (χ1n) is 7.69. The second-order valence-corrected chi connectivity index (χ2v) is 5.74. The molecular formula is C18H23ClO2. The number of rotatable bonds is 6. The lowest BCUT2D eigenvalue weighted by atomic mass is 10.1. The van der Waals surface area contributed by atoms with Gasteiger partial charge in [-0.15, -0.1) is 11.6 Å². The fraction of sp³-hybridized carbons (Fsp3) is 0.556. The molecule has 0 amide bonds. The van der Waals surface area contributed by atoms with Crippen LogP contribution in [0, 0.1) is 18.8 Å². The third-order valence-electron chi connectivity index (χ3n) is 3.53. The van der Waals surface area contributed by atoms with Gasteiger partial charge in [0.1, 0.15) is 5.75 Å². The zero-order chi connectivity index (χ0) is 14.9.